The Morgan fingerprint density at radius 3 is 2.10 bits per heavy atom. The van der Waals surface area contributed by atoms with Gasteiger partial charge in [0.05, 0.1) is 12.9 Å². The lowest BCUT2D eigenvalue weighted by Crippen LogP contribution is -2.39. The summed E-state index contributed by atoms with van der Waals surface area (Å²) in [4.78, 5) is 11.9. The minimum absolute atomic E-state index is 0.263. The van der Waals surface area contributed by atoms with Crippen LogP contribution in [0.15, 0.2) is 54.6 Å². The Hall–Kier alpha value is -3.00. The molecule has 0 aromatic heterocycles. The summed E-state index contributed by atoms with van der Waals surface area (Å²) >= 11 is 0. The fraction of sp³-hybridized carbons (Fsp3) is 0.318. The molecule has 2 rings (SSSR count). The van der Waals surface area contributed by atoms with Gasteiger partial charge in [-0.2, -0.15) is 8.42 Å². The predicted molar refractivity (Wildman–Crippen MR) is 114 cm³/mol. The zero-order valence-electron chi connectivity index (χ0n) is 17.5. The summed E-state index contributed by atoms with van der Waals surface area (Å²) in [5, 5.41) is 0. The lowest BCUT2D eigenvalue weighted by molar-refractivity contribution is -0.158. The molecular formula is C22H26O7S. The van der Waals surface area contributed by atoms with E-state index in [0.717, 1.165) is 11.8 Å². The Balaban J connectivity index is 1.84. The van der Waals surface area contributed by atoms with Gasteiger partial charge in [0.2, 0.25) is 0 Å². The highest BCUT2D eigenvalue weighted by Crippen LogP contribution is 2.23. The third-order valence-corrected chi connectivity index (χ3v) is 4.24. The highest BCUT2D eigenvalue weighted by molar-refractivity contribution is 7.86. The van der Waals surface area contributed by atoms with Crippen LogP contribution in [0, 0.1) is 0 Å². The van der Waals surface area contributed by atoms with Crippen molar-refractivity contribution in [2.75, 3.05) is 19.5 Å². The van der Waals surface area contributed by atoms with Gasteiger partial charge in [-0.1, -0.05) is 18.2 Å². The van der Waals surface area contributed by atoms with Crippen molar-refractivity contribution in [3.05, 3.63) is 60.2 Å². The summed E-state index contributed by atoms with van der Waals surface area (Å²) in [7, 11) is -3.53. The van der Waals surface area contributed by atoms with E-state index in [2.05, 4.69) is 0 Å². The number of benzene rings is 2. The average molecular weight is 435 g/mol. The molecule has 0 amide bonds. The Morgan fingerprint density at radius 1 is 0.967 bits per heavy atom. The quantitative estimate of drug-likeness (QED) is 0.415. The fourth-order valence-corrected chi connectivity index (χ4v) is 2.84. The molecule has 0 unspecified atom stereocenters. The molecule has 0 fully saturated rings. The highest BCUT2D eigenvalue weighted by Gasteiger charge is 2.31. The molecule has 2 aromatic carbocycles. The number of hydrogen-bond acceptors (Lipinski definition) is 7. The molecule has 0 heterocycles. The number of ether oxygens (including phenoxy) is 3. The maximum absolute atomic E-state index is 11.9. The van der Waals surface area contributed by atoms with Crippen molar-refractivity contribution in [3.63, 3.8) is 0 Å². The Labute approximate surface area is 177 Å². The van der Waals surface area contributed by atoms with Gasteiger partial charge >= 0.3 is 16.1 Å². The van der Waals surface area contributed by atoms with Gasteiger partial charge in [0.25, 0.3) is 0 Å². The van der Waals surface area contributed by atoms with E-state index in [0.29, 0.717) is 24.7 Å². The number of rotatable bonds is 10. The third-order valence-electron chi connectivity index (χ3n) is 3.75. The predicted octanol–water partition coefficient (Wildman–Crippen LogP) is 3.84. The Bertz CT molecular complexity index is 960. The van der Waals surface area contributed by atoms with E-state index in [9.17, 15) is 13.2 Å². The largest absolute Gasteiger partial charge is 0.490 e. The molecule has 0 spiro atoms. The minimum atomic E-state index is -3.53. The molecule has 0 N–H and O–H groups in total. The highest BCUT2D eigenvalue weighted by atomic mass is 32.2. The first-order valence-electron chi connectivity index (χ1n) is 9.34. The van der Waals surface area contributed by atoms with Crippen LogP contribution in [0.2, 0.25) is 0 Å². The first-order chi connectivity index (χ1) is 14.1. The van der Waals surface area contributed by atoms with Gasteiger partial charge in [0.15, 0.2) is 5.60 Å². The summed E-state index contributed by atoms with van der Waals surface area (Å²) in [6.07, 6.45) is 4.68. The van der Waals surface area contributed by atoms with Crippen LogP contribution >= 0.6 is 0 Å². The zero-order valence-corrected chi connectivity index (χ0v) is 18.3. The summed E-state index contributed by atoms with van der Waals surface area (Å²) in [5.74, 6) is 1.02. The summed E-state index contributed by atoms with van der Waals surface area (Å²) < 4.78 is 43.3. The van der Waals surface area contributed by atoms with Crippen LogP contribution in [0.3, 0.4) is 0 Å². The molecule has 0 atom stereocenters. The number of esters is 1. The molecule has 0 saturated carbocycles. The smallest absolute Gasteiger partial charge is 0.349 e. The van der Waals surface area contributed by atoms with Gasteiger partial charge in [0.1, 0.15) is 23.9 Å². The number of hydrogen-bond donors (Lipinski definition) is 0. The Morgan fingerprint density at radius 2 is 1.53 bits per heavy atom. The van der Waals surface area contributed by atoms with Gasteiger partial charge in [-0.15, -0.1) is 0 Å². The third kappa shape index (κ3) is 7.79. The monoisotopic (exact) mass is 434 g/mol. The molecule has 0 bridgehead atoms. The second-order valence-corrected chi connectivity index (χ2v) is 8.45. The Kier molecular flexibility index (Phi) is 7.88. The van der Waals surface area contributed by atoms with Crippen molar-refractivity contribution in [3.8, 4) is 17.2 Å². The molecule has 8 heteroatoms. The average Bonchev–Trinajstić information content (AvgIpc) is 2.66. The normalized spacial score (nSPS) is 11.9. The molecular weight excluding hydrogens is 408 g/mol. The van der Waals surface area contributed by atoms with Crippen LogP contribution in [0.1, 0.15) is 26.3 Å². The minimum Gasteiger partial charge on any atom is -0.490 e. The maximum atomic E-state index is 11.9. The van der Waals surface area contributed by atoms with E-state index in [1.165, 1.54) is 0 Å². The van der Waals surface area contributed by atoms with Crippen molar-refractivity contribution in [2.45, 2.75) is 26.4 Å². The molecule has 0 aliphatic rings. The van der Waals surface area contributed by atoms with Crippen LogP contribution < -0.4 is 13.7 Å². The van der Waals surface area contributed by atoms with Crippen LogP contribution in [-0.4, -0.2) is 39.5 Å². The van der Waals surface area contributed by atoms with Crippen LogP contribution in [0.4, 0.5) is 0 Å². The molecule has 7 nitrogen and oxygen atoms in total. The molecule has 0 aliphatic carbocycles. The lowest BCUT2D eigenvalue weighted by atomic mass is 10.1. The second-order valence-electron chi connectivity index (χ2n) is 6.87. The zero-order chi connectivity index (χ0) is 22.2. The standard InChI is InChI=1S/C22H26O7S/c1-5-26-21(23)22(2,3)28-19-14-12-18(13-15-19)27-16-6-7-17-8-10-20(11-9-17)29-30(4,24)25/h6-15H,5,16H2,1-4H3. The molecule has 30 heavy (non-hydrogen) atoms. The van der Waals surface area contributed by atoms with Crippen molar-refractivity contribution >= 4 is 22.2 Å². The first kappa shape index (κ1) is 23.3. The topological polar surface area (TPSA) is 88.1 Å². The van der Waals surface area contributed by atoms with Crippen molar-refractivity contribution < 1.29 is 31.6 Å². The number of carbonyl (C=O) groups excluding carboxylic acids is 1. The van der Waals surface area contributed by atoms with Gasteiger partial charge in [-0.3, -0.25) is 0 Å². The van der Waals surface area contributed by atoms with Gasteiger partial charge in [0, 0.05) is 0 Å². The van der Waals surface area contributed by atoms with Gasteiger partial charge in [-0.05, 0) is 68.8 Å². The van der Waals surface area contributed by atoms with E-state index in [-0.39, 0.29) is 5.75 Å². The van der Waals surface area contributed by atoms with Crippen molar-refractivity contribution in [2.24, 2.45) is 0 Å². The lowest BCUT2D eigenvalue weighted by Gasteiger charge is -2.24. The van der Waals surface area contributed by atoms with Gasteiger partial charge < -0.3 is 18.4 Å². The summed E-state index contributed by atoms with van der Waals surface area (Å²) in [6, 6.07) is 13.6. The SMILES string of the molecule is CCOC(=O)C(C)(C)Oc1ccc(OCC=Cc2ccc(OS(C)(=O)=O)cc2)cc1. The maximum Gasteiger partial charge on any atom is 0.349 e. The molecule has 0 aliphatic heterocycles. The van der Waals surface area contributed by atoms with Crippen LogP contribution in [0.5, 0.6) is 17.2 Å². The van der Waals surface area contributed by atoms with Gasteiger partial charge in [-0.25, -0.2) is 4.79 Å². The van der Waals surface area contributed by atoms with E-state index in [1.807, 2.05) is 12.2 Å². The van der Waals surface area contributed by atoms with E-state index in [1.54, 1.807) is 69.3 Å². The fourth-order valence-electron chi connectivity index (χ4n) is 2.38. The summed E-state index contributed by atoms with van der Waals surface area (Å²) in [6.45, 7) is 5.69. The number of carbonyl (C=O) groups is 1. The van der Waals surface area contributed by atoms with Crippen molar-refractivity contribution in [1.82, 2.24) is 0 Å². The molecule has 2 aromatic rings. The first-order valence-corrected chi connectivity index (χ1v) is 11.2. The van der Waals surface area contributed by atoms with Crippen LogP contribution in [-0.2, 0) is 19.6 Å². The van der Waals surface area contributed by atoms with Crippen LogP contribution in [0.25, 0.3) is 6.08 Å². The van der Waals surface area contributed by atoms with Crippen molar-refractivity contribution in [1.29, 1.82) is 0 Å². The molecule has 0 radical (unpaired) electrons. The molecule has 162 valence electrons. The van der Waals surface area contributed by atoms with E-state index >= 15 is 0 Å². The second kappa shape index (κ2) is 10.2. The molecule has 0 saturated heterocycles. The van der Waals surface area contributed by atoms with E-state index < -0.39 is 21.7 Å². The van der Waals surface area contributed by atoms with E-state index in [4.69, 9.17) is 18.4 Å². The summed E-state index contributed by atoms with van der Waals surface area (Å²) in [5.41, 5.74) is -0.201.